The van der Waals surface area contributed by atoms with Gasteiger partial charge in [-0.05, 0) is 210 Å². The minimum Gasteiger partial charge on any atom is -0.456 e. The van der Waals surface area contributed by atoms with Crippen LogP contribution in [0.2, 0.25) is 0 Å². The molecule has 16 aromatic carbocycles. The van der Waals surface area contributed by atoms with Crippen LogP contribution < -0.4 is 0 Å². The van der Waals surface area contributed by atoms with Crippen LogP contribution in [-0.4, -0.2) is 29.9 Å². The number of rotatable bonds is 12. The molecule has 2 saturated carbocycles. The van der Waals surface area contributed by atoms with E-state index >= 15 is 0 Å². The van der Waals surface area contributed by atoms with E-state index in [0.717, 1.165) is 116 Å². The lowest BCUT2D eigenvalue weighted by Gasteiger charge is -2.36. The molecule has 4 heterocycles. The van der Waals surface area contributed by atoms with Gasteiger partial charge in [-0.15, -0.1) is 0 Å². The number of benzene rings is 16. The van der Waals surface area contributed by atoms with Crippen LogP contribution in [0.1, 0.15) is 86.5 Å². The fourth-order valence-corrected chi connectivity index (χ4v) is 20.3. The van der Waals surface area contributed by atoms with Crippen LogP contribution in [0.3, 0.4) is 0 Å². The fraction of sp³-hybridized carbons (Fsp3) is 0.105. The number of hydrogen-bond acceptors (Lipinski definition) is 8. The zero-order valence-corrected chi connectivity index (χ0v) is 67.4. The summed E-state index contributed by atoms with van der Waals surface area (Å²) >= 11 is 0. The van der Waals surface area contributed by atoms with Crippen molar-refractivity contribution in [2.24, 2.45) is 0 Å². The molecule has 0 atom stereocenters. The largest absolute Gasteiger partial charge is 0.456 e. The Labute approximate surface area is 708 Å². The monoisotopic (exact) mass is 1570 g/mol. The first kappa shape index (κ1) is 72.4. The molecule has 2 fully saturated rings. The average molecular weight is 1570 g/mol. The normalized spacial score (nSPS) is 14.0. The molecule has 8 nitrogen and oxygen atoms in total. The molecule has 8 heteroatoms. The van der Waals surface area contributed by atoms with Crippen molar-refractivity contribution in [3.05, 3.63) is 398 Å². The summed E-state index contributed by atoms with van der Waals surface area (Å²) in [5.74, 6) is 3.60. The molecule has 4 aliphatic carbocycles. The van der Waals surface area contributed by atoms with Crippen LogP contribution in [0.15, 0.2) is 385 Å². The second-order valence-electron chi connectivity index (χ2n) is 33.3. The van der Waals surface area contributed by atoms with E-state index in [4.69, 9.17) is 38.7 Å². The van der Waals surface area contributed by atoms with Crippen molar-refractivity contribution in [1.82, 2.24) is 29.9 Å². The van der Waals surface area contributed by atoms with Crippen LogP contribution >= 0.6 is 0 Å². The van der Waals surface area contributed by atoms with Gasteiger partial charge < -0.3 is 8.83 Å². The van der Waals surface area contributed by atoms with Crippen molar-refractivity contribution >= 4 is 43.9 Å². The highest BCUT2D eigenvalue weighted by atomic mass is 16.3. The minimum atomic E-state index is 0.118. The van der Waals surface area contributed by atoms with Crippen LogP contribution in [0.25, 0.3) is 201 Å². The predicted molar refractivity (Wildman–Crippen MR) is 498 cm³/mol. The standard InChI is InChI=1S/2C57H41N3O/c1-3-15-37(16-4-1)38-17-12-21-43(34-38)54-58-55(60-56(59-54)49-26-14-25-48-47-24-6-8-28-52(47)61-53(48)49)44-22-13-20-41(35-44)39-18-11-19-40(33-39)42-29-30-46-45-23-5-7-27-50(45)57(51(46)36-42)31-9-2-10-32-57;1-3-13-37(14-4-1)38-23-25-39(26-24-38)54-58-55(60-56(59-54)45-28-30-49-48-20-6-8-22-52(48)61-53(49)36-45)44-18-12-17-42(34-44)40-15-11-16-41(33-40)43-27-29-47-46-19-5-7-21-50(46)57(51(47)35-43)31-9-2-10-32-57/h2*1,3-8,11-30,33-36H,2,9-10,31-32H2. The maximum atomic E-state index is 6.50. The summed E-state index contributed by atoms with van der Waals surface area (Å²) in [6.45, 7) is 0. The highest BCUT2D eigenvalue weighted by Gasteiger charge is 2.45. The Balaban J connectivity index is 0.000000142. The number of fused-ring (bicyclic) bond motifs is 16. The van der Waals surface area contributed by atoms with Crippen LogP contribution in [0.4, 0.5) is 0 Å². The fourth-order valence-electron chi connectivity index (χ4n) is 20.3. The molecule has 0 unspecified atom stereocenters. The second kappa shape index (κ2) is 30.2. The van der Waals surface area contributed by atoms with Gasteiger partial charge >= 0.3 is 0 Å². The third-order valence-electron chi connectivity index (χ3n) is 26.3. The highest BCUT2D eigenvalue weighted by molar-refractivity contribution is 6.09. The molecule has 4 aliphatic rings. The van der Waals surface area contributed by atoms with Crippen LogP contribution in [0.5, 0.6) is 0 Å². The molecular formula is C114H82N6O2. The molecule has 122 heavy (non-hydrogen) atoms. The summed E-state index contributed by atoms with van der Waals surface area (Å²) in [7, 11) is 0. The summed E-state index contributed by atoms with van der Waals surface area (Å²) in [4.78, 5) is 31.0. The zero-order chi connectivity index (χ0) is 80.7. The molecule has 0 bridgehead atoms. The number of aromatic nitrogens is 6. The Morgan fingerprint density at radius 1 is 0.172 bits per heavy atom. The summed E-state index contributed by atoms with van der Waals surface area (Å²) < 4.78 is 12.8. The number of nitrogens with zero attached hydrogens (tertiary/aromatic N) is 6. The summed E-state index contributed by atoms with van der Waals surface area (Å²) in [5.41, 5.74) is 34.6. The maximum absolute atomic E-state index is 6.50. The van der Waals surface area contributed by atoms with Crippen LogP contribution in [0, 0.1) is 0 Å². The van der Waals surface area contributed by atoms with Gasteiger partial charge in [-0.1, -0.05) is 342 Å². The topological polar surface area (TPSA) is 104 Å². The maximum Gasteiger partial charge on any atom is 0.167 e. The number of hydrogen-bond donors (Lipinski definition) is 0. The van der Waals surface area contributed by atoms with E-state index in [2.05, 4.69) is 315 Å². The lowest BCUT2D eigenvalue weighted by atomic mass is 9.67. The molecule has 0 aliphatic heterocycles. The molecular weight excluding hydrogens is 1490 g/mol. The van der Waals surface area contributed by atoms with Crippen molar-refractivity contribution in [2.75, 3.05) is 0 Å². The van der Waals surface area contributed by atoms with Gasteiger partial charge in [0.2, 0.25) is 0 Å². The first-order chi connectivity index (χ1) is 60.3. The average Bonchev–Trinajstić information content (AvgIpc) is 1.56. The lowest BCUT2D eigenvalue weighted by molar-refractivity contribution is 0.353. The van der Waals surface area contributed by atoms with E-state index in [1.54, 1.807) is 0 Å². The van der Waals surface area contributed by atoms with Gasteiger partial charge in [-0.2, -0.15) is 0 Å². The SMILES string of the molecule is c1ccc(-c2ccc(-c3nc(-c4cccc(-c5cccc(-c6ccc7c(c6)C6(CCCCC6)c6ccccc6-7)c5)c4)nc(-c4ccc5c(c4)oc4ccccc45)n3)cc2)cc1.c1ccc(-c2cccc(-c3nc(-c4cccc(-c5cccc(-c6ccc7c(c6)C6(CCCCC6)c6ccccc6-7)c5)c4)nc(-c4cccc5c4oc4ccccc45)n3)c2)cc1. The van der Waals surface area contributed by atoms with Crippen molar-refractivity contribution < 1.29 is 8.83 Å². The van der Waals surface area contributed by atoms with Crippen molar-refractivity contribution in [2.45, 2.75) is 75.0 Å². The molecule has 0 saturated heterocycles. The van der Waals surface area contributed by atoms with Gasteiger partial charge in [0.1, 0.15) is 22.3 Å². The first-order valence-electron chi connectivity index (χ1n) is 42.9. The van der Waals surface area contributed by atoms with E-state index in [-0.39, 0.29) is 10.8 Å². The van der Waals surface area contributed by atoms with E-state index < -0.39 is 0 Å². The van der Waals surface area contributed by atoms with E-state index in [1.807, 2.05) is 60.7 Å². The second-order valence-corrected chi connectivity index (χ2v) is 33.3. The van der Waals surface area contributed by atoms with Gasteiger partial charge in [-0.25, -0.2) is 29.9 Å². The van der Waals surface area contributed by atoms with Gasteiger partial charge in [0.15, 0.2) is 34.9 Å². The van der Waals surface area contributed by atoms with E-state index in [9.17, 15) is 0 Å². The lowest BCUT2D eigenvalue weighted by Crippen LogP contribution is -2.28. The third-order valence-corrected chi connectivity index (χ3v) is 26.3. The first-order valence-corrected chi connectivity index (χ1v) is 42.9. The molecule has 0 N–H and O–H groups in total. The van der Waals surface area contributed by atoms with Crippen molar-refractivity contribution in [3.63, 3.8) is 0 Å². The summed E-state index contributed by atoms with van der Waals surface area (Å²) in [6, 6.07) is 134. The van der Waals surface area contributed by atoms with Crippen LogP contribution in [-0.2, 0) is 10.8 Å². The molecule has 4 aromatic heterocycles. The zero-order valence-electron chi connectivity index (χ0n) is 67.4. The Morgan fingerprint density at radius 2 is 0.467 bits per heavy atom. The van der Waals surface area contributed by atoms with Gasteiger partial charge in [-0.3, -0.25) is 0 Å². The van der Waals surface area contributed by atoms with Gasteiger partial charge in [0, 0.05) is 60.2 Å². The quantitative estimate of drug-likeness (QED) is 0.119. The number of para-hydroxylation sites is 3. The smallest absolute Gasteiger partial charge is 0.167 e. The Hall–Kier alpha value is -14.9. The van der Waals surface area contributed by atoms with Gasteiger partial charge in [0.05, 0.1) is 5.56 Å². The molecule has 24 rings (SSSR count). The molecule has 580 valence electrons. The highest BCUT2D eigenvalue weighted by Crippen LogP contribution is 2.58. The molecule has 0 amide bonds. The van der Waals surface area contributed by atoms with Crippen molar-refractivity contribution in [3.8, 4) is 157 Å². The minimum absolute atomic E-state index is 0.118. The Bertz CT molecular complexity index is 7470. The van der Waals surface area contributed by atoms with E-state index in [1.165, 1.54) is 137 Å². The summed E-state index contributed by atoms with van der Waals surface area (Å²) in [6.07, 6.45) is 12.7. The summed E-state index contributed by atoms with van der Waals surface area (Å²) in [5, 5.41) is 4.26. The van der Waals surface area contributed by atoms with Crippen molar-refractivity contribution in [1.29, 1.82) is 0 Å². The Morgan fingerprint density at radius 3 is 0.959 bits per heavy atom. The Kier molecular flexibility index (Phi) is 17.9. The molecule has 0 radical (unpaired) electrons. The molecule has 20 aromatic rings. The molecule has 2 spiro atoms. The third kappa shape index (κ3) is 12.8. The predicted octanol–water partition coefficient (Wildman–Crippen LogP) is 30.0. The van der Waals surface area contributed by atoms with Gasteiger partial charge in [0.25, 0.3) is 0 Å². The van der Waals surface area contributed by atoms with E-state index in [0.29, 0.717) is 34.9 Å². The number of furan rings is 2.